The molecule has 3 heteroatoms. The molecule has 1 aliphatic rings. The van der Waals surface area contributed by atoms with Gasteiger partial charge < -0.3 is 10.2 Å². The lowest BCUT2D eigenvalue weighted by Crippen LogP contribution is -2.45. The molecule has 114 valence electrons. The minimum Gasteiger partial charge on any atom is -0.319 e. The van der Waals surface area contributed by atoms with Crippen LogP contribution < -0.4 is 5.32 Å². The molecule has 0 bridgehead atoms. The fourth-order valence-corrected chi connectivity index (χ4v) is 3.67. The van der Waals surface area contributed by atoms with Crippen molar-refractivity contribution in [3.05, 3.63) is 0 Å². The van der Waals surface area contributed by atoms with E-state index in [0.717, 1.165) is 12.6 Å². The first kappa shape index (κ1) is 16.9. The second-order valence-corrected chi connectivity index (χ2v) is 6.36. The van der Waals surface area contributed by atoms with Gasteiger partial charge in [-0.05, 0) is 58.3 Å². The fraction of sp³-hybridized carbons (Fsp3) is 1.00. The van der Waals surface area contributed by atoms with Gasteiger partial charge in [-0.2, -0.15) is 0 Å². The van der Waals surface area contributed by atoms with E-state index in [1.807, 2.05) is 0 Å². The molecule has 0 spiro atoms. The molecular weight excluding hydrogens is 234 g/mol. The molecule has 3 nitrogen and oxygen atoms in total. The Labute approximate surface area is 120 Å². The van der Waals surface area contributed by atoms with Gasteiger partial charge in [0, 0.05) is 25.7 Å². The molecule has 0 aromatic carbocycles. The van der Waals surface area contributed by atoms with Gasteiger partial charge in [0.25, 0.3) is 0 Å². The summed E-state index contributed by atoms with van der Waals surface area (Å²) in [5.74, 6) is 0. The summed E-state index contributed by atoms with van der Waals surface area (Å²) in [4.78, 5) is 5.22. The SMILES string of the molecule is CCN1CCCC1CN(C)CC(CC)(CC)CNC. The molecule has 0 radical (unpaired) electrons. The molecule has 0 amide bonds. The Morgan fingerprint density at radius 1 is 1.26 bits per heavy atom. The summed E-state index contributed by atoms with van der Waals surface area (Å²) in [6, 6.07) is 0.788. The normalized spacial score (nSPS) is 21.5. The third-order valence-electron chi connectivity index (χ3n) is 5.08. The average Bonchev–Trinajstić information content (AvgIpc) is 2.85. The van der Waals surface area contributed by atoms with Gasteiger partial charge in [-0.3, -0.25) is 4.90 Å². The van der Waals surface area contributed by atoms with E-state index in [4.69, 9.17) is 0 Å². The number of nitrogens with zero attached hydrogens (tertiary/aromatic N) is 2. The summed E-state index contributed by atoms with van der Waals surface area (Å²) < 4.78 is 0. The molecule has 1 unspecified atom stereocenters. The summed E-state index contributed by atoms with van der Waals surface area (Å²) in [6.07, 6.45) is 5.29. The molecule has 1 saturated heterocycles. The van der Waals surface area contributed by atoms with Crippen LogP contribution in [0.15, 0.2) is 0 Å². The summed E-state index contributed by atoms with van der Waals surface area (Å²) in [6.45, 7) is 13.1. The van der Waals surface area contributed by atoms with Crippen molar-refractivity contribution in [2.45, 2.75) is 52.5 Å². The summed E-state index contributed by atoms with van der Waals surface area (Å²) in [5.41, 5.74) is 0.444. The topological polar surface area (TPSA) is 18.5 Å². The van der Waals surface area contributed by atoms with E-state index in [2.05, 4.69) is 50.0 Å². The Morgan fingerprint density at radius 2 is 1.95 bits per heavy atom. The van der Waals surface area contributed by atoms with Crippen LogP contribution in [-0.4, -0.2) is 62.7 Å². The van der Waals surface area contributed by atoms with Crippen molar-refractivity contribution in [2.24, 2.45) is 5.41 Å². The lowest BCUT2D eigenvalue weighted by Gasteiger charge is -2.37. The number of likely N-dealkylation sites (tertiary alicyclic amines) is 1. The molecule has 1 N–H and O–H groups in total. The number of nitrogens with one attached hydrogen (secondary N) is 1. The van der Waals surface area contributed by atoms with Gasteiger partial charge in [0.1, 0.15) is 0 Å². The standard InChI is InChI=1S/C16H35N3/c1-6-16(7-2,13-17-4)14-18(5)12-15-10-9-11-19(15)8-3/h15,17H,6-14H2,1-5H3. The van der Waals surface area contributed by atoms with Crippen molar-refractivity contribution in [1.29, 1.82) is 0 Å². The third-order valence-corrected chi connectivity index (χ3v) is 5.08. The van der Waals surface area contributed by atoms with Crippen LogP contribution in [0.3, 0.4) is 0 Å². The second-order valence-electron chi connectivity index (χ2n) is 6.36. The highest BCUT2D eigenvalue weighted by molar-refractivity contribution is 4.85. The Balaban J connectivity index is 2.50. The van der Waals surface area contributed by atoms with E-state index >= 15 is 0 Å². The number of likely N-dealkylation sites (N-methyl/N-ethyl adjacent to an activating group) is 2. The molecule has 1 rings (SSSR count). The van der Waals surface area contributed by atoms with Crippen LogP contribution in [0.1, 0.15) is 46.5 Å². The maximum Gasteiger partial charge on any atom is 0.0223 e. The zero-order valence-corrected chi connectivity index (χ0v) is 13.8. The smallest absolute Gasteiger partial charge is 0.0223 e. The first-order valence-electron chi connectivity index (χ1n) is 8.18. The Bertz CT molecular complexity index is 238. The van der Waals surface area contributed by atoms with Crippen molar-refractivity contribution >= 4 is 0 Å². The summed E-state index contributed by atoms with van der Waals surface area (Å²) in [5, 5.41) is 3.39. The van der Waals surface area contributed by atoms with Gasteiger partial charge in [0.15, 0.2) is 0 Å². The van der Waals surface area contributed by atoms with E-state index in [0.29, 0.717) is 5.41 Å². The van der Waals surface area contributed by atoms with Gasteiger partial charge in [-0.25, -0.2) is 0 Å². The number of rotatable bonds is 9. The van der Waals surface area contributed by atoms with Crippen LogP contribution in [0.5, 0.6) is 0 Å². The minimum atomic E-state index is 0.444. The molecular formula is C16H35N3. The van der Waals surface area contributed by atoms with Crippen LogP contribution in [0, 0.1) is 5.41 Å². The molecule has 19 heavy (non-hydrogen) atoms. The largest absolute Gasteiger partial charge is 0.319 e. The highest BCUT2D eigenvalue weighted by Crippen LogP contribution is 2.27. The zero-order valence-electron chi connectivity index (χ0n) is 13.8. The fourth-order valence-electron chi connectivity index (χ4n) is 3.67. The summed E-state index contributed by atoms with van der Waals surface area (Å²) >= 11 is 0. The van der Waals surface area contributed by atoms with Gasteiger partial charge >= 0.3 is 0 Å². The predicted molar refractivity (Wildman–Crippen MR) is 84.7 cm³/mol. The van der Waals surface area contributed by atoms with E-state index < -0.39 is 0 Å². The molecule has 0 aromatic rings. The quantitative estimate of drug-likeness (QED) is 0.693. The second kappa shape index (κ2) is 8.23. The van der Waals surface area contributed by atoms with Gasteiger partial charge in [-0.1, -0.05) is 20.8 Å². The van der Waals surface area contributed by atoms with Gasteiger partial charge in [0.2, 0.25) is 0 Å². The monoisotopic (exact) mass is 269 g/mol. The van der Waals surface area contributed by atoms with Crippen LogP contribution in [-0.2, 0) is 0 Å². The maximum absolute atomic E-state index is 3.39. The van der Waals surface area contributed by atoms with Crippen molar-refractivity contribution in [2.75, 3.05) is 46.8 Å². The lowest BCUT2D eigenvalue weighted by molar-refractivity contribution is 0.127. The molecule has 1 heterocycles. The van der Waals surface area contributed by atoms with E-state index in [1.165, 1.54) is 51.9 Å². The van der Waals surface area contributed by atoms with Gasteiger partial charge in [-0.15, -0.1) is 0 Å². The Hall–Kier alpha value is -0.120. The molecule has 1 atom stereocenters. The van der Waals surface area contributed by atoms with Crippen molar-refractivity contribution in [1.82, 2.24) is 15.1 Å². The minimum absolute atomic E-state index is 0.444. The van der Waals surface area contributed by atoms with Crippen LogP contribution in [0.25, 0.3) is 0 Å². The maximum atomic E-state index is 3.39. The van der Waals surface area contributed by atoms with Crippen molar-refractivity contribution in [3.8, 4) is 0 Å². The zero-order chi connectivity index (χ0) is 14.3. The third kappa shape index (κ3) is 4.73. The Kier molecular flexibility index (Phi) is 7.33. The van der Waals surface area contributed by atoms with E-state index in [-0.39, 0.29) is 0 Å². The lowest BCUT2D eigenvalue weighted by atomic mass is 9.81. The molecule has 1 aliphatic heterocycles. The molecule has 0 saturated carbocycles. The molecule has 0 aliphatic carbocycles. The van der Waals surface area contributed by atoms with Crippen molar-refractivity contribution < 1.29 is 0 Å². The molecule has 1 fully saturated rings. The molecule has 0 aromatic heterocycles. The van der Waals surface area contributed by atoms with Crippen LogP contribution >= 0.6 is 0 Å². The van der Waals surface area contributed by atoms with Crippen molar-refractivity contribution in [3.63, 3.8) is 0 Å². The van der Waals surface area contributed by atoms with Crippen LogP contribution in [0.4, 0.5) is 0 Å². The number of hydrogen-bond acceptors (Lipinski definition) is 3. The predicted octanol–water partition coefficient (Wildman–Crippen LogP) is 2.43. The average molecular weight is 269 g/mol. The summed E-state index contributed by atoms with van der Waals surface area (Å²) in [7, 11) is 4.39. The first-order valence-corrected chi connectivity index (χ1v) is 8.18. The van der Waals surface area contributed by atoms with E-state index in [1.54, 1.807) is 0 Å². The van der Waals surface area contributed by atoms with Crippen LogP contribution in [0.2, 0.25) is 0 Å². The number of hydrogen-bond donors (Lipinski definition) is 1. The highest BCUT2D eigenvalue weighted by Gasteiger charge is 2.29. The van der Waals surface area contributed by atoms with E-state index in [9.17, 15) is 0 Å². The van der Waals surface area contributed by atoms with Gasteiger partial charge in [0.05, 0.1) is 0 Å². The Morgan fingerprint density at radius 3 is 2.47 bits per heavy atom. The highest BCUT2D eigenvalue weighted by atomic mass is 15.2. The first-order chi connectivity index (χ1) is 9.10.